The molecule has 1 atom stereocenters. The molecule has 17 heavy (non-hydrogen) atoms. The highest BCUT2D eigenvalue weighted by atomic mass is 35.5. The van der Waals surface area contributed by atoms with Crippen LogP contribution in [0.2, 0.25) is 0 Å². The lowest BCUT2D eigenvalue weighted by molar-refractivity contribution is 0.437. The van der Waals surface area contributed by atoms with Gasteiger partial charge in [0.25, 0.3) is 5.56 Å². The van der Waals surface area contributed by atoms with Crippen LogP contribution in [0, 0.1) is 0 Å². The van der Waals surface area contributed by atoms with Crippen molar-refractivity contribution in [2.24, 2.45) is 0 Å². The summed E-state index contributed by atoms with van der Waals surface area (Å²) in [5.74, 6) is 0.277. The normalized spacial score (nSPS) is 13.8. The maximum absolute atomic E-state index is 12.3. The van der Waals surface area contributed by atoms with E-state index in [0.717, 1.165) is 12.1 Å². The van der Waals surface area contributed by atoms with Gasteiger partial charge in [0.15, 0.2) is 0 Å². The van der Waals surface area contributed by atoms with E-state index in [1.807, 2.05) is 16.7 Å². The second-order valence-electron chi connectivity index (χ2n) is 5.56. The summed E-state index contributed by atoms with van der Waals surface area (Å²) in [7, 11) is 0. The Morgan fingerprint density at radius 2 is 1.94 bits per heavy atom. The summed E-state index contributed by atoms with van der Waals surface area (Å²) >= 11 is 5.81. The van der Waals surface area contributed by atoms with Gasteiger partial charge in [-0.1, -0.05) is 33.8 Å². The lowest BCUT2D eigenvalue weighted by atomic mass is 9.90. The lowest BCUT2D eigenvalue weighted by Gasteiger charge is -2.27. The molecule has 1 aromatic rings. The van der Waals surface area contributed by atoms with Gasteiger partial charge in [-0.3, -0.25) is 4.79 Å². The molecule has 3 heteroatoms. The Labute approximate surface area is 109 Å². The van der Waals surface area contributed by atoms with Gasteiger partial charge in [-0.2, -0.15) is 0 Å². The number of hydrogen-bond acceptors (Lipinski definition) is 1. The van der Waals surface area contributed by atoms with E-state index >= 15 is 0 Å². The first-order valence-electron chi connectivity index (χ1n) is 6.13. The third-order valence-corrected chi connectivity index (χ3v) is 3.43. The standard InChI is InChI=1S/C14H22ClNO/c1-6-10(2)16-12(14(3,4)5)8-7-11(9-15)13(16)17/h7-8,10H,6,9H2,1-5H3. The van der Waals surface area contributed by atoms with E-state index in [1.54, 1.807) is 0 Å². The van der Waals surface area contributed by atoms with Gasteiger partial charge in [0, 0.05) is 22.7 Å². The first-order valence-corrected chi connectivity index (χ1v) is 6.67. The molecule has 0 saturated heterocycles. The zero-order valence-corrected chi connectivity index (χ0v) is 12.1. The Kier molecular flexibility index (Phi) is 4.42. The number of pyridine rings is 1. The minimum atomic E-state index is -0.0343. The Balaban J connectivity index is 3.53. The van der Waals surface area contributed by atoms with E-state index in [4.69, 9.17) is 11.6 Å². The van der Waals surface area contributed by atoms with Crippen LogP contribution in [0.4, 0.5) is 0 Å². The van der Waals surface area contributed by atoms with Gasteiger partial charge in [-0.05, 0) is 19.4 Å². The van der Waals surface area contributed by atoms with Gasteiger partial charge >= 0.3 is 0 Å². The summed E-state index contributed by atoms with van der Waals surface area (Å²) < 4.78 is 1.90. The van der Waals surface area contributed by atoms with Gasteiger partial charge in [0.2, 0.25) is 0 Å². The molecule has 0 aliphatic carbocycles. The minimum Gasteiger partial charge on any atom is -0.309 e. The molecule has 0 fully saturated rings. The lowest BCUT2D eigenvalue weighted by Crippen LogP contribution is -2.33. The van der Waals surface area contributed by atoms with Gasteiger partial charge < -0.3 is 4.57 Å². The monoisotopic (exact) mass is 255 g/mol. The van der Waals surface area contributed by atoms with Crippen LogP contribution >= 0.6 is 11.6 Å². The number of rotatable bonds is 3. The molecule has 1 rings (SSSR count). The molecule has 0 spiro atoms. The molecule has 1 aromatic heterocycles. The third kappa shape index (κ3) is 2.92. The molecule has 0 N–H and O–H groups in total. The van der Waals surface area contributed by atoms with Crippen LogP contribution in [0.1, 0.15) is 58.3 Å². The maximum atomic E-state index is 12.3. The number of aromatic nitrogens is 1. The van der Waals surface area contributed by atoms with Crippen molar-refractivity contribution in [1.82, 2.24) is 4.57 Å². The topological polar surface area (TPSA) is 22.0 Å². The van der Waals surface area contributed by atoms with Gasteiger partial charge in [0.1, 0.15) is 0 Å². The average molecular weight is 256 g/mol. The molecule has 1 heterocycles. The number of nitrogens with zero attached hydrogens (tertiary/aromatic N) is 1. The Hall–Kier alpha value is -0.760. The molecule has 0 aromatic carbocycles. The molecule has 0 aliphatic rings. The molecular weight excluding hydrogens is 234 g/mol. The summed E-state index contributed by atoms with van der Waals surface area (Å²) in [4.78, 5) is 12.3. The number of hydrogen-bond donors (Lipinski definition) is 0. The molecule has 1 unspecified atom stereocenters. The molecule has 0 amide bonds. The van der Waals surface area contributed by atoms with Crippen molar-refractivity contribution in [1.29, 1.82) is 0 Å². The number of halogens is 1. The van der Waals surface area contributed by atoms with E-state index in [-0.39, 0.29) is 22.9 Å². The van der Waals surface area contributed by atoms with Crippen molar-refractivity contribution in [2.75, 3.05) is 0 Å². The molecule has 96 valence electrons. The van der Waals surface area contributed by atoms with Gasteiger partial charge in [-0.15, -0.1) is 11.6 Å². The summed E-state index contributed by atoms with van der Waals surface area (Å²) in [6.07, 6.45) is 0.939. The van der Waals surface area contributed by atoms with Crippen LogP contribution in [0.5, 0.6) is 0 Å². The minimum absolute atomic E-state index is 0.0343. The Bertz CT molecular complexity index is 443. The number of alkyl halides is 1. The van der Waals surface area contributed by atoms with Gasteiger partial charge in [-0.25, -0.2) is 0 Å². The molecule has 0 radical (unpaired) electrons. The second kappa shape index (κ2) is 5.26. The Morgan fingerprint density at radius 3 is 2.35 bits per heavy atom. The average Bonchev–Trinajstić information content (AvgIpc) is 2.26. The van der Waals surface area contributed by atoms with Crippen LogP contribution in [0.3, 0.4) is 0 Å². The predicted molar refractivity (Wildman–Crippen MR) is 74.0 cm³/mol. The van der Waals surface area contributed by atoms with Crippen LogP contribution in [-0.2, 0) is 11.3 Å². The van der Waals surface area contributed by atoms with E-state index < -0.39 is 0 Å². The van der Waals surface area contributed by atoms with Crippen molar-refractivity contribution in [2.45, 2.75) is 58.4 Å². The van der Waals surface area contributed by atoms with Crippen LogP contribution in [0.25, 0.3) is 0 Å². The molecule has 2 nitrogen and oxygen atoms in total. The quantitative estimate of drug-likeness (QED) is 0.752. The highest BCUT2D eigenvalue weighted by molar-refractivity contribution is 6.17. The molecule has 0 saturated carbocycles. The highest BCUT2D eigenvalue weighted by Crippen LogP contribution is 2.24. The summed E-state index contributed by atoms with van der Waals surface area (Å²) in [6, 6.07) is 4.10. The van der Waals surface area contributed by atoms with Crippen LogP contribution < -0.4 is 5.56 Å². The van der Waals surface area contributed by atoms with E-state index in [0.29, 0.717) is 5.56 Å². The second-order valence-corrected chi connectivity index (χ2v) is 5.83. The van der Waals surface area contributed by atoms with Crippen LogP contribution in [0.15, 0.2) is 16.9 Å². The molecular formula is C14H22ClNO. The fourth-order valence-electron chi connectivity index (χ4n) is 1.93. The fraction of sp³-hybridized carbons (Fsp3) is 0.643. The molecule has 0 aliphatic heterocycles. The highest BCUT2D eigenvalue weighted by Gasteiger charge is 2.22. The zero-order chi connectivity index (χ0) is 13.2. The van der Waals surface area contributed by atoms with Gasteiger partial charge in [0.05, 0.1) is 5.88 Å². The van der Waals surface area contributed by atoms with Crippen molar-refractivity contribution >= 4 is 11.6 Å². The van der Waals surface area contributed by atoms with E-state index in [2.05, 4.69) is 34.6 Å². The Morgan fingerprint density at radius 1 is 1.35 bits per heavy atom. The van der Waals surface area contributed by atoms with Crippen molar-refractivity contribution in [3.05, 3.63) is 33.7 Å². The summed E-state index contributed by atoms with van der Waals surface area (Å²) in [5.41, 5.74) is 1.78. The van der Waals surface area contributed by atoms with Crippen molar-refractivity contribution in [3.8, 4) is 0 Å². The first-order chi connectivity index (χ1) is 7.82. The smallest absolute Gasteiger partial charge is 0.255 e. The van der Waals surface area contributed by atoms with E-state index in [9.17, 15) is 4.79 Å². The molecule has 0 bridgehead atoms. The van der Waals surface area contributed by atoms with E-state index in [1.165, 1.54) is 0 Å². The fourth-order valence-corrected chi connectivity index (χ4v) is 2.13. The van der Waals surface area contributed by atoms with Crippen molar-refractivity contribution in [3.63, 3.8) is 0 Å². The largest absolute Gasteiger partial charge is 0.309 e. The predicted octanol–water partition coefficient (Wildman–Crippen LogP) is 3.86. The third-order valence-electron chi connectivity index (χ3n) is 3.14. The SMILES string of the molecule is CCC(C)n1c(C(C)(C)C)ccc(CCl)c1=O. The zero-order valence-electron chi connectivity index (χ0n) is 11.4. The summed E-state index contributed by atoms with van der Waals surface area (Å²) in [6.45, 7) is 10.6. The summed E-state index contributed by atoms with van der Waals surface area (Å²) in [5, 5.41) is 0. The van der Waals surface area contributed by atoms with Crippen molar-refractivity contribution < 1.29 is 0 Å². The van der Waals surface area contributed by atoms with Crippen LogP contribution in [-0.4, -0.2) is 4.57 Å². The first kappa shape index (κ1) is 14.3. The maximum Gasteiger partial charge on any atom is 0.255 e.